The molecule has 0 spiro atoms. The number of halogens is 3. The third-order valence-electron chi connectivity index (χ3n) is 5.65. The van der Waals surface area contributed by atoms with E-state index in [4.69, 9.17) is 0 Å². The van der Waals surface area contributed by atoms with Crippen molar-refractivity contribution in [1.82, 2.24) is 4.90 Å². The Hall–Kier alpha value is -1.27. The molecule has 0 aromatic heterocycles. The Labute approximate surface area is 134 Å². The lowest BCUT2D eigenvalue weighted by molar-refractivity contribution is -0.200. The minimum absolute atomic E-state index is 0.0119. The van der Waals surface area contributed by atoms with Gasteiger partial charge < -0.3 is 10.0 Å². The first-order chi connectivity index (χ1) is 10.6. The lowest BCUT2D eigenvalue weighted by Crippen LogP contribution is -2.46. The van der Waals surface area contributed by atoms with Crippen molar-refractivity contribution in [2.24, 2.45) is 23.2 Å². The summed E-state index contributed by atoms with van der Waals surface area (Å²) in [5.74, 6) is -4.32. The third-order valence-corrected chi connectivity index (χ3v) is 5.65. The molecular weight excluding hydrogens is 311 g/mol. The summed E-state index contributed by atoms with van der Waals surface area (Å²) in [6, 6.07) is 0. The van der Waals surface area contributed by atoms with Crippen LogP contribution in [0.25, 0.3) is 0 Å². The molecule has 2 aliphatic rings. The van der Waals surface area contributed by atoms with Crippen molar-refractivity contribution in [3.63, 3.8) is 0 Å². The van der Waals surface area contributed by atoms with Gasteiger partial charge in [0.2, 0.25) is 5.91 Å². The molecule has 1 saturated heterocycles. The van der Waals surface area contributed by atoms with Gasteiger partial charge in [-0.05, 0) is 25.2 Å². The van der Waals surface area contributed by atoms with Crippen LogP contribution in [0.4, 0.5) is 13.2 Å². The summed E-state index contributed by atoms with van der Waals surface area (Å²) in [7, 11) is 0. The van der Waals surface area contributed by atoms with Crippen LogP contribution < -0.4 is 0 Å². The molecule has 2 rings (SSSR count). The SMILES string of the molecule is CC(C)C1(C(=O)O)CCN(C(=O)C2CCCCC2C(F)(F)F)C1. The summed E-state index contributed by atoms with van der Waals surface area (Å²) in [6.07, 6.45) is -2.75. The van der Waals surface area contributed by atoms with E-state index in [1.54, 1.807) is 13.8 Å². The van der Waals surface area contributed by atoms with Gasteiger partial charge in [0.05, 0.1) is 11.3 Å². The van der Waals surface area contributed by atoms with Crippen molar-refractivity contribution < 1.29 is 27.9 Å². The number of nitrogens with zero attached hydrogens (tertiary/aromatic N) is 1. The van der Waals surface area contributed by atoms with E-state index < -0.39 is 35.3 Å². The smallest absolute Gasteiger partial charge is 0.392 e. The maximum absolute atomic E-state index is 13.2. The Morgan fingerprint density at radius 3 is 2.30 bits per heavy atom. The second-order valence-electron chi connectivity index (χ2n) is 7.16. The molecule has 0 radical (unpaired) electrons. The van der Waals surface area contributed by atoms with Crippen LogP contribution in [0.3, 0.4) is 0 Å². The molecule has 1 amide bonds. The van der Waals surface area contributed by atoms with Crippen molar-refractivity contribution in [2.45, 2.75) is 52.1 Å². The summed E-state index contributed by atoms with van der Waals surface area (Å²) in [6.45, 7) is 3.80. The van der Waals surface area contributed by atoms with E-state index in [0.29, 0.717) is 19.3 Å². The van der Waals surface area contributed by atoms with Crippen LogP contribution in [0, 0.1) is 23.2 Å². The summed E-state index contributed by atoms with van der Waals surface area (Å²) in [4.78, 5) is 25.6. The highest BCUT2D eigenvalue weighted by molar-refractivity contribution is 5.82. The van der Waals surface area contributed by atoms with Crippen molar-refractivity contribution in [1.29, 1.82) is 0 Å². The minimum Gasteiger partial charge on any atom is -0.481 e. The Kier molecular flexibility index (Phi) is 4.97. The minimum atomic E-state index is -4.37. The van der Waals surface area contributed by atoms with Gasteiger partial charge in [-0.25, -0.2) is 0 Å². The number of carbonyl (C=O) groups is 2. The van der Waals surface area contributed by atoms with Gasteiger partial charge in [-0.3, -0.25) is 9.59 Å². The zero-order valence-electron chi connectivity index (χ0n) is 13.5. The summed E-state index contributed by atoms with van der Waals surface area (Å²) < 4.78 is 39.5. The summed E-state index contributed by atoms with van der Waals surface area (Å²) in [5, 5.41) is 9.51. The molecule has 7 heteroatoms. The van der Waals surface area contributed by atoms with Crippen LogP contribution >= 0.6 is 0 Å². The number of carboxylic acids is 1. The van der Waals surface area contributed by atoms with Crippen molar-refractivity contribution in [3.05, 3.63) is 0 Å². The highest BCUT2D eigenvalue weighted by Gasteiger charge is 2.53. The van der Waals surface area contributed by atoms with Crippen molar-refractivity contribution in [2.75, 3.05) is 13.1 Å². The number of hydrogen-bond acceptors (Lipinski definition) is 2. The van der Waals surface area contributed by atoms with Gasteiger partial charge in [0.1, 0.15) is 0 Å². The molecule has 3 atom stereocenters. The third kappa shape index (κ3) is 3.33. The Morgan fingerprint density at radius 2 is 1.83 bits per heavy atom. The zero-order chi connectivity index (χ0) is 17.4. The molecule has 1 heterocycles. The lowest BCUT2D eigenvalue weighted by Gasteiger charge is -2.35. The monoisotopic (exact) mass is 335 g/mol. The van der Waals surface area contributed by atoms with Crippen molar-refractivity contribution >= 4 is 11.9 Å². The number of rotatable bonds is 3. The fraction of sp³-hybridized carbons (Fsp3) is 0.875. The van der Waals surface area contributed by atoms with E-state index in [0.717, 1.165) is 0 Å². The topological polar surface area (TPSA) is 57.6 Å². The van der Waals surface area contributed by atoms with Crippen LogP contribution in [-0.2, 0) is 9.59 Å². The Balaban J connectivity index is 2.16. The molecule has 1 aliphatic heterocycles. The van der Waals surface area contributed by atoms with Crippen LogP contribution in [0.15, 0.2) is 0 Å². The number of hydrogen-bond donors (Lipinski definition) is 1. The zero-order valence-corrected chi connectivity index (χ0v) is 13.5. The maximum atomic E-state index is 13.2. The first kappa shape index (κ1) is 18.1. The second-order valence-corrected chi connectivity index (χ2v) is 7.16. The Bertz CT molecular complexity index is 478. The van der Waals surface area contributed by atoms with Crippen molar-refractivity contribution in [3.8, 4) is 0 Å². The van der Waals surface area contributed by atoms with Gasteiger partial charge in [0.25, 0.3) is 0 Å². The van der Waals surface area contributed by atoms with E-state index in [9.17, 15) is 27.9 Å². The molecule has 3 unspecified atom stereocenters. The molecule has 2 fully saturated rings. The molecule has 132 valence electrons. The number of aliphatic carboxylic acids is 1. The van der Waals surface area contributed by atoms with E-state index in [-0.39, 0.29) is 31.8 Å². The summed E-state index contributed by atoms with van der Waals surface area (Å²) in [5.41, 5.74) is -1.04. The number of likely N-dealkylation sites (tertiary alicyclic amines) is 1. The molecule has 0 aromatic rings. The standard InChI is InChI=1S/C16H24F3NO3/c1-10(2)15(14(22)23)7-8-20(9-15)13(21)11-5-3-4-6-12(11)16(17,18)19/h10-12H,3-9H2,1-2H3,(H,22,23). The molecule has 1 saturated carbocycles. The molecule has 23 heavy (non-hydrogen) atoms. The Morgan fingerprint density at radius 1 is 1.22 bits per heavy atom. The summed E-state index contributed by atoms with van der Waals surface area (Å²) >= 11 is 0. The molecule has 0 bridgehead atoms. The van der Waals surface area contributed by atoms with Gasteiger partial charge in [-0.2, -0.15) is 13.2 Å². The highest BCUT2D eigenvalue weighted by Crippen LogP contribution is 2.44. The molecule has 4 nitrogen and oxygen atoms in total. The first-order valence-corrected chi connectivity index (χ1v) is 8.18. The number of carbonyl (C=O) groups excluding carboxylic acids is 1. The normalized spacial score (nSPS) is 32.3. The van der Waals surface area contributed by atoms with Gasteiger partial charge in [-0.1, -0.05) is 26.7 Å². The molecule has 0 aromatic carbocycles. The highest BCUT2D eigenvalue weighted by atomic mass is 19.4. The van der Waals surface area contributed by atoms with Crippen LogP contribution in [-0.4, -0.2) is 41.1 Å². The van der Waals surface area contributed by atoms with Gasteiger partial charge in [-0.15, -0.1) is 0 Å². The predicted octanol–water partition coefficient (Wildman–Crippen LogP) is 3.31. The van der Waals surface area contributed by atoms with E-state index in [2.05, 4.69) is 0 Å². The lowest BCUT2D eigenvalue weighted by atomic mass is 9.76. The van der Waals surface area contributed by atoms with Crippen LogP contribution in [0.2, 0.25) is 0 Å². The molecule has 1 aliphatic carbocycles. The second kappa shape index (κ2) is 6.32. The van der Waals surface area contributed by atoms with Gasteiger partial charge in [0, 0.05) is 19.0 Å². The van der Waals surface area contributed by atoms with Gasteiger partial charge in [0.15, 0.2) is 0 Å². The average Bonchev–Trinajstić information content (AvgIpc) is 2.92. The average molecular weight is 335 g/mol. The fourth-order valence-corrected chi connectivity index (χ4v) is 3.97. The maximum Gasteiger partial charge on any atom is 0.392 e. The van der Waals surface area contributed by atoms with E-state index in [1.165, 1.54) is 4.90 Å². The largest absolute Gasteiger partial charge is 0.481 e. The predicted molar refractivity (Wildman–Crippen MR) is 77.6 cm³/mol. The van der Waals surface area contributed by atoms with E-state index in [1.807, 2.05) is 0 Å². The molecular formula is C16H24F3NO3. The quantitative estimate of drug-likeness (QED) is 0.861. The number of carboxylic acid groups (broad SMARTS) is 1. The van der Waals surface area contributed by atoms with Crippen LogP contribution in [0.1, 0.15) is 46.0 Å². The fourth-order valence-electron chi connectivity index (χ4n) is 3.97. The molecule has 1 N–H and O–H groups in total. The van der Waals surface area contributed by atoms with Crippen LogP contribution in [0.5, 0.6) is 0 Å². The number of alkyl halides is 3. The number of amides is 1. The first-order valence-electron chi connectivity index (χ1n) is 8.18. The van der Waals surface area contributed by atoms with Gasteiger partial charge >= 0.3 is 12.1 Å². The van der Waals surface area contributed by atoms with E-state index >= 15 is 0 Å².